The van der Waals surface area contributed by atoms with Crippen molar-refractivity contribution >= 4 is 5.91 Å². The molecule has 2 aliphatic heterocycles. The van der Waals surface area contributed by atoms with Crippen molar-refractivity contribution in [3.63, 3.8) is 0 Å². The fourth-order valence-corrected chi connectivity index (χ4v) is 2.33. The summed E-state index contributed by atoms with van der Waals surface area (Å²) in [5, 5.41) is 0. The van der Waals surface area contributed by atoms with Crippen LogP contribution in [0.5, 0.6) is 0 Å². The Morgan fingerprint density at radius 3 is 2.87 bits per heavy atom. The van der Waals surface area contributed by atoms with E-state index in [1.54, 1.807) is 6.92 Å². The number of likely N-dealkylation sites (tertiary alicyclic amines) is 1. The Bertz CT molecular complexity index is 257. The zero-order valence-corrected chi connectivity index (χ0v) is 9.35. The predicted molar refractivity (Wildman–Crippen MR) is 56.4 cm³/mol. The first-order valence-electron chi connectivity index (χ1n) is 5.46. The molecule has 3 atom stereocenters. The first-order chi connectivity index (χ1) is 7.09. The highest BCUT2D eigenvalue weighted by molar-refractivity contribution is 5.81. The molecule has 2 fully saturated rings. The Balaban J connectivity index is 2.01. The maximum Gasteiger partial charge on any atom is 0.239 e. The van der Waals surface area contributed by atoms with E-state index in [1.807, 2.05) is 4.90 Å². The van der Waals surface area contributed by atoms with Gasteiger partial charge in [0.05, 0.1) is 24.8 Å². The second-order valence-corrected chi connectivity index (χ2v) is 4.49. The van der Waals surface area contributed by atoms with Crippen LogP contribution in [0.4, 0.5) is 0 Å². The van der Waals surface area contributed by atoms with Crippen LogP contribution in [0.25, 0.3) is 0 Å². The first kappa shape index (κ1) is 10.9. The van der Waals surface area contributed by atoms with Crippen LogP contribution in [-0.2, 0) is 9.53 Å². The zero-order chi connectivity index (χ0) is 11.0. The summed E-state index contributed by atoms with van der Waals surface area (Å²) in [5.41, 5.74) is 5.59. The lowest BCUT2D eigenvalue weighted by Crippen LogP contribution is -2.48. The normalized spacial score (nSPS) is 33.9. The van der Waals surface area contributed by atoms with Crippen molar-refractivity contribution in [1.82, 2.24) is 9.80 Å². The summed E-state index contributed by atoms with van der Waals surface area (Å²) in [6.07, 6.45) is 0.173. The number of carbonyl (C=O) groups is 1. The summed E-state index contributed by atoms with van der Waals surface area (Å²) in [7, 11) is 2.08. The Labute approximate surface area is 90.1 Å². The van der Waals surface area contributed by atoms with Gasteiger partial charge in [0.15, 0.2) is 0 Å². The average Bonchev–Trinajstić information content (AvgIpc) is 2.61. The number of fused-ring (bicyclic) bond motifs is 1. The van der Waals surface area contributed by atoms with Gasteiger partial charge in [0.1, 0.15) is 0 Å². The molecule has 2 rings (SSSR count). The number of nitrogens with two attached hydrogens (primary N) is 1. The second kappa shape index (κ2) is 4.08. The number of carbonyl (C=O) groups excluding carboxylic acids is 1. The number of morpholine rings is 1. The van der Waals surface area contributed by atoms with E-state index in [9.17, 15) is 4.79 Å². The van der Waals surface area contributed by atoms with Crippen LogP contribution in [0.3, 0.4) is 0 Å². The number of hydrogen-bond acceptors (Lipinski definition) is 4. The Morgan fingerprint density at radius 1 is 1.53 bits per heavy atom. The quantitative estimate of drug-likeness (QED) is 0.599. The van der Waals surface area contributed by atoms with Crippen molar-refractivity contribution < 1.29 is 9.53 Å². The van der Waals surface area contributed by atoms with Gasteiger partial charge in [-0.15, -0.1) is 0 Å². The molecule has 0 aromatic rings. The Morgan fingerprint density at radius 2 is 2.27 bits per heavy atom. The standard InChI is InChI=1S/C10H19N3O2/c1-7(11)10(14)13-5-8-9(6-13)15-4-3-12(8)2/h7-9H,3-6,11H2,1-2H3/t7-,8?,9?/m1/s1. The van der Waals surface area contributed by atoms with Gasteiger partial charge >= 0.3 is 0 Å². The van der Waals surface area contributed by atoms with Gasteiger partial charge in [-0.25, -0.2) is 0 Å². The van der Waals surface area contributed by atoms with Crippen LogP contribution in [0, 0.1) is 0 Å². The molecule has 0 aromatic carbocycles. The summed E-state index contributed by atoms with van der Waals surface area (Å²) in [6, 6.07) is -0.0584. The maximum atomic E-state index is 11.7. The first-order valence-corrected chi connectivity index (χ1v) is 5.46. The number of nitrogens with zero attached hydrogens (tertiary/aromatic N) is 2. The molecule has 2 saturated heterocycles. The minimum Gasteiger partial charge on any atom is -0.373 e. The monoisotopic (exact) mass is 213 g/mol. The van der Waals surface area contributed by atoms with Gasteiger partial charge in [-0.2, -0.15) is 0 Å². The smallest absolute Gasteiger partial charge is 0.239 e. The van der Waals surface area contributed by atoms with E-state index in [-0.39, 0.29) is 12.0 Å². The Kier molecular flexibility index (Phi) is 2.95. The molecule has 15 heavy (non-hydrogen) atoms. The molecule has 1 amide bonds. The van der Waals surface area contributed by atoms with Gasteiger partial charge in [0, 0.05) is 19.6 Å². The van der Waals surface area contributed by atoms with Crippen molar-refractivity contribution in [2.75, 3.05) is 33.3 Å². The third-order valence-electron chi connectivity index (χ3n) is 3.28. The molecule has 86 valence electrons. The van der Waals surface area contributed by atoms with E-state index in [2.05, 4.69) is 11.9 Å². The molecule has 0 spiro atoms. The van der Waals surface area contributed by atoms with Crippen LogP contribution < -0.4 is 5.73 Å². The molecule has 5 heteroatoms. The highest BCUT2D eigenvalue weighted by Crippen LogP contribution is 2.21. The van der Waals surface area contributed by atoms with E-state index in [4.69, 9.17) is 10.5 Å². The lowest BCUT2D eigenvalue weighted by Gasteiger charge is -2.33. The molecule has 0 radical (unpaired) electrons. The molecule has 0 bridgehead atoms. The molecular weight excluding hydrogens is 194 g/mol. The summed E-state index contributed by atoms with van der Waals surface area (Å²) >= 11 is 0. The molecule has 2 aliphatic rings. The van der Waals surface area contributed by atoms with E-state index >= 15 is 0 Å². The highest BCUT2D eigenvalue weighted by atomic mass is 16.5. The molecule has 0 aromatic heterocycles. The summed E-state index contributed by atoms with van der Waals surface area (Å²) in [4.78, 5) is 15.8. The van der Waals surface area contributed by atoms with Crippen molar-refractivity contribution in [3.05, 3.63) is 0 Å². The van der Waals surface area contributed by atoms with Gasteiger partial charge < -0.3 is 15.4 Å². The summed E-state index contributed by atoms with van der Waals surface area (Å²) in [6.45, 7) is 4.88. The number of likely N-dealkylation sites (N-methyl/N-ethyl adjacent to an activating group) is 1. The molecule has 2 heterocycles. The summed E-state index contributed by atoms with van der Waals surface area (Å²) < 4.78 is 5.66. The predicted octanol–water partition coefficient (Wildman–Crippen LogP) is -1.12. The lowest BCUT2D eigenvalue weighted by molar-refractivity contribution is -0.131. The zero-order valence-electron chi connectivity index (χ0n) is 9.35. The van der Waals surface area contributed by atoms with Crippen LogP contribution >= 0.6 is 0 Å². The molecular formula is C10H19N3O2. The van der Waals surface area contributed by atoms with Crippen molar-refractivity contribution in [2.45, 2.75) is 25.1 Å². The highest BCUT2D eigenvalue weighted by Gasteiger charge is 2.40. The second-order valence-electron chi connectivity index (χ2n) is 4.49. The van der Waals surface area contributed by atoms with E-state index in [1.165, 1.54) is 0 Å². The Hall–Kier alpha value is -0.650. The fraction of sp³-hybridized carbons (Fsp3) is 0.900. The van der Waals surface area contributed by atoms with Crippen molar-refractivity contribution in [3.8, 4) is 0 Å². The molecule has 0 aliphatic carbocycles. The largest absolute Gasteiger partial charge is 0.373 e. The topological polar surface area (TPSA) is 58.8 Å². The number of amides is 1. The van der Waals surface area contributed by atoms with Crippen LogP contribution in [0.1, 0.15) is 6.92 Å². The van der Waals surface area contributed by atoms with Gasteiger partial charge in [-0.3, -0.25) is 9.69 Å². The average molecular weight is 213 g/mol. The molecule has 2 N–H and O–H groups in total. The van der Waals surface area contributed by atoms with E-state index < -0.39 is 6.04 Å². The van der Waals surface area contributed by atoms with E-state index in [0.29, 0.717) is 12.6 Å². The minimum absolute atomic E-state index is 0.0291. The van der Waals surface area contributed by atoms with Crippen LogP contribution in [0.2, 0.25) is 0 Å². The van der Waals surface area contributed by atoms with Crippen molar-refractivity contribution in [1.29, 1.82) is 0 Å². The van der Waals surface area contributed by atoms with Gasteiger partial charge in [-0.05, 0) is 14.0 Å². The number of rotatable bonds is 1. The fourth-order valence-electron chi connectivity index (χ4n) is 2.33. The van der Waals surface area contributed by atoms with Crippen LogP contribution in [-0.4, -0.2) is 67.2 Å². The minimum atomic E-state index is -0.407. The van der Waals surface area contributed by atoms with Gasteiger partial charge in [0.25, 0.3) is 0 Å². The molecule has 0 saturated carbocycles. The van der Waals surface area contributed by atoms with Gasteiger partial charge in [0.2, 0.25) is 5.91 Å². The lowest BCUT2D eigenvalue weighted by atomic mass is 10.1. The number of hydrogen-bond donors (Lipinski definition) is 1. The number of ether oxygens (including phenoxy) is 1. The van der Waals surface area contributed by atoms with Gasteiger partial charge in [-0.1, -0.05) is 0 Å². The van der Waals surface area contributed by atoms with Crippen LogP contribution in [0.15, 0.2) is 0 Å². The third kappa shape index (κ3) is 2.00. The molecule has 2 unspecified atom stereocenters. The third-order valence-corrected chi connectivity index (χ3v) is 3.28. The molecule has 5 nitrogen and oxygen atoms in total. The summed E-state index contributed by atoms with van der Waals surface area (Å²) in [5.74, 6) is 0.0291. The SMILES string of the molecule is C[C@@H](N)C(=O)N1CC2OCCN(C)C2C1. The maximum absolute atomic E-state index is 11.7. The van der Waals surface area contributed by atoms with E-state index in [0.717, 1.165) is 19.7 Å². The van der Waals surface area contributed by atoms with Crippen molar-refractivity contribution in [2.24, 2.45) is 5.73 Å².